The van der Waals surface area contributed by atoms with Crippen molar-refractivity contribution >= 4 is 5.91 Å². The average molecular weight is 265 g/mol. The van der Waals surface area contributed by atoms with Gasteiger partial charge in [0.05, 0.1) is 0 Å². The lowest BCUT2D eigenvalue weighted by atomic mass is 9.80. The van der Waals surface area contributed by atoms with E-state index in [1.807, 2.05) is 0 Å². The summed E-state index contributed by atoms with van der Waals surface area (Å²) in [7, 11) is 0. The van der Waals surface area contributed by atoms with Crippen LogP contribution in [-0.4, -0.2) is 17.1 Å². The lowest BCUT2D eigenvalue weighted by Gasteiger charge is -2.32. The number of phenolic OH excluding ortho intramolecular Hbond substituents is 1. The monoisotopic (exact) mass is 265 g/mol. The van der Waals surface area contributed by atoms with Gasteiger partial charge in [0.25, 0.3) is 5.91 Å². The number of phenols is 1. The molecule has 3 nitrogen and oxygen atoms in total. The number of carbonyl (C=O) groups is 1. The van der Waals surface area contributed by atoms with Crippen LogP contribution in [0.25, 0.3) is 0 Å². The molecular weight excluding hydrogens is 245 g/mol. The molecule has 2 N–H and O–H groups in total. The van der Waals surface area contributed by atoms with Gasteiger partial charge in [-0.05, 0) is 43.2 Å². The van der Waals surface area contributed by atoms with E-state index >= 15 is 0 Å². The first-order valence-corrected chi connectivity index (χ1v) is 6.75. The number of hydrogen-bond donors (Lipinski definition) is 2. The summed E-state index contributed by atoms with van der Waals surface area (Å²) in [4.78, 5) is 12.1. The minimum atomic E-state index is -0.686. The second-order valence-corrected chi connectivity index (χ2v) is 5.72. The molecule has 1 aliphatic carbocycles. The summed E-state index contributed by atoms with van der Waals surface area (Å²) < 4.78 is 13.6. The summed E-state index contributed by atoms with van der Waals surface area (Å²) in [5, 5.41) is 12.4. The molecule has 0 heterocycles. The van der Waals surface area contributed by atoms with Gasteiger partial charge in [-0.1, -0.05) is 19.9 Å². The number of amides is 1. The highest BCUT2D eigenvalue weighted by Gasteiger charge is 2.26. The van der Waals surface area contributed by atoms with Crippen LogP contribution in [0.4, 0.5) is 4.39 Å². The van der Waals surface area contributed by atoms with Gasteiger partial charge in [-0.25, -0.2) is 4.39 Å². The molecule has 0 radical (unpaired) electrons. The predicted molar refractivity (Wildman–Crippen MR) is 71.5 cm³/mol. The second-order valence-electron chi connectivity index (χ2n) is 5.72. The minimum Gasteiger partial charge on any atom is -0.507 e. The average Bonchev–Trinajstić information content (AvgIpc) is 2.26. The van der Waals surface area contributed by atoms with Crippen LogP contribution in [-0.2, 0) is 0 Å². The van der Waals surface area contributed by atoms with Crippen LogP contribution in [0, 0.1) is 17.7 Å². The van der Waals surface area contributed by atoms with Gasteiger partial charge in [0.15, 0.2) is 0 Å². The zero-order valence-corrected chi connectivity index (χ0v) is 11.3. The Labute approximate surface area is 112 Å². The second kappa shape index (κ2) is 5.59. The zero-order chi connectivity index (χ0) is 14.0. The first-order valence-electron chi connectivity index (χ1n) is 6.75. The van der Waals surface area contributed by atoms with Gasteiger partial charge in [0.1, 0.15) is 17.1 Å². The molecule has 0 saturated heterocycles. The van der Waals surface area contributed by atoms with Crippen molar-refractivity contribution in [2.75, 3.05) is 0 Å². The molecule has 0 aliphatic heterocycles. The van der Waals surface area contributed by atoms with Crippen LogP contribution in [0.3, 0.4) is 0 Å². The Morgan fingerprint density at radius 3 is 2.47 bits per heavy atom. The van der Waals surface area contributed by atoms with E-state index in [2.05, 4.69) is 19.2 Å². The molecule has 1 saturated carbocycles. The summed E-state index contributed by atoms with van der Waals surface area (Å²) in [6.45, 7) is 4.32. The molecule has 1 aromatic carbocycles. The topological polar surface area (TPSA) is 49.3 Å². The van der Waals surface area contributed by atoms with Gasteiger partial charge in [0.2, 0.25) is 0 Å². The molecule has 1 aliphatic rings. The van der Waals surface area contributed by atoms with Gasteiger partial charge < -0.3 is 10.4 Å². The van der Waals surface area contributed by atoms with E-state index in [0.29, 0.717) is 11.8 Å². The van der Waals surface area contributed by atoms with E-state index < -0.39 is 11.7 Å². The van der Waals surface area contributed by atoms with Crippen molar-refractivity contribution in [3.8, 4) is 5.75 Å². The molecule has 4 heteroatoms. The smallest absolute Gasteiger partial charge is 0.258 e. The molecule has 1 amide bonds. The fourth-order valence-electron chi connectivity index (χ4n) is 3.06. The van der Waals surface area contributed by atoms with Crippen molar-refractivity contribution in [1.29, 1.82) is 0 Å². The summed E-state index contributed by atoms with van der Waals surface area (Å²) >= 11 is 0. The standard InChI is InChI=1S/C15H20FNO2/c1-9-6-10(2)8-11(7-9)17-15(19)14-12(16)4-3-5-13(14)18/h3-5,9-11,18H,6-8H2,1-2H3,(H,17,19). The SMILES string of the molecule is CC1CC(C)CC(NC(=O)c2c(O)cccc2F)C1. The van der Waals surface area contributed by atoms with E-state index in [9.17, 15) is 14.3 Å². The van der Waals surface area contributed by atoms with E-state index in [-0.39, 0.29) is 17.4 Å². The number of benzene rings is 1. The van der Waals surface area contributed by atoms with Crippen LogP contribution < -0.4 is 5.32 Å². The molecule has 0 spiro atoms. The summed E-state index contributed by atoms with van der Waals surface area (Å²) in [5.74, 6) is -0.405. The molecule has 2 unspecified atom stereocenters. The summed E-state index contributed by atoms with van der Waals surface area (Å²) in [6, 6.07) is 3.95. The highest BCUT2D eigenvalue weighted by molar-refractivity contribution is 5.97. The van der Waals surface area contributed by atoms with Crippen LogP contribution in [0.2, 0.25) is 0 Å². The third-order valence-electron chi connectivity index (χ3n) is 3.73. The normalized spacial score (nSPS) is 27.0. The van der Waals surface area contributed by atoms with E-state index in [4.69, 9.17) is 0 Å². The van der Waals surface area contributed by atoms with Crippen molar-refractivity contribution < 1.29 is 14.3 Å². The van der Waals surface area contributed by atoms with Gasteiger partial charge in [-0.3, -0.25) is 4.79 Å². The Kier molecular flexibility index (Phi) is 4.08. The van der Waals surface area contributed by atoms with Crippen LogP contribution >= 0.6 is 0 Å². The van der Waals surface area contributed by atoms with Crippen molar-refractivity contribution in [1.82, 2.24) is 5.32 Å². The van der Waals surface area contributed by atoms with Crippen LogP contribution in [0.15, 0.2) is 18.2 Å². The number of carbonyl (C=O) groups excluding carboxylic acids is 1. The third kappa shape index (κ3) is 3.25. The van der Waals surface area contributed by atoms with Gasteiger partial charge >= 0.3 is 0 Å². The first kappa shape index (κ1) is 13.8. The lowest BCUT2D eigenvalue weighted by molar-refractivity contribution is 0.0904. The number of halogens is 1. The fraction of sp³-hybridized carbons (Fsp3) is 0.533. The maximum atomic E-state index is 13.6. The minimum absolute atomic E-state index is 0.0604. The van der Waals surface area contributed by atoms with Gasteiger partial charge in [-0.2, -0.15) is 0 Å². The Morgan fingerprint density at radius 2 is 1.89 bits per heavy atom. The highest BCUT2D eigenvalue weighted by Crippen LogP contribution is 2.29. The number of hydrogen-bond acceptors (Lipinski definition) is 2. The molecule has 104 valence electrons. The Morgan fingerprint density at radius 1 is 1.26 bits per heavy atom. The first-order chi connectivity index (χ1) is 8.97. The molecule has 1 aromatic rings. The molecule has 0 bridgehead atoms. The molecule has 2 atom stereocenters. The largest absolute Gasteiger partial charge is 0.507 e. The quantitative estimate of drug-likeness (QED) is 0.863. The Balaban J connectivity index is 2.09. The number of nitrogens with one attached hydrogen (secondary N) is 1. The molecule has 2 rings (SSSR count). The number of aromatic hydroxyl groups is 1. The molecule has 1 fully saturated rings. The van der Waals surface area contributed by atoms with Crippen molar-refractivity contribution in [3.05, 3.63) is 29.6 Å². The number of rotatable bonds is 2. The van der Waals surface area contributed by atoms with E-state index in [1.54, 1.807) is 0 Å². The third-order valence-corrected chi connectivity index (χ3v) is 3.73. The summed E-state index contributed by atoms with van der Waals surface area (Å²) in [6.07, 6.45) is 2.98. The van der Waals surface area contributed by atoms with Crippen LogP contribution in [0.5, 0.6) is 5.75 Å². The van der Waals surface area contributed by atoms with Crippen LogP contribution in [0.1, 0.15) is 43.5 Å². The van der Waals surface area contributed by atoms with Crippen molar-refractivity contribution in [2.24, 2.45) is 11.8 Å². The molecule has 19 heavy (non-hydrogen) atoms. The maximum Gasteiger partial charge on any atom is 0.258 e. The predicted octanol–water partition coefficient (Wildman–Crippen LogP) is 3.09. The maximum absolute atomic E-state index is 13.6. The van der Waals surface area contributed by atoms with E-state index in [1.165, 1.54) is 18.2 Å². The molecule has 0 aromatic heterocycles. The summed E-state index contributed by atoms with van der Waals surface area (Å²) in [5.41, 5.74) is -0.256. The fourth-order valence-corrected chi connectivity index (χ4v) is 3.06. The van der Waals surface area contributed by atoms with Gasteiger partial charge in [-0.15, -0.1) is 0 Å². The van der Waals surface area contributed by atoms with Crippen molar-refractivity contribution in [2.45, 2.75) is 39.2 Å². The van der Waals surface area contributed by atoms with Gasteiger partial charge in [0, 0.05) is 6.04 Å². The van der Waals surface area contributed by atoms with E-state index in [0.717, 1.165) is 19.3 Å². The Hall–Kier alpha value is -1.58. The Bertz CT molecular complexity index is 445. The highest BCUT2D eigenvalue weighted by atomic mass is 19.1. The lowest BCUT2D eigenvalue weighted by Crippen LogP contribution is -2.40. The zero-order valence-electron chi connectivity index (χ0n) is 11.3. The van der Waals surface area contributed by atoms with Crippen molar-refractivity contribution in [3.63, 3.8) is 0 Å². The molecular formula is C15H20FNO2.